The molecule has 0 aliphatic rings. The van der Waals surface area contributed by atoms with Crippen LogP contribution in [0, 0.1) is 0 Å². The van der Waals surface area contributed by atoms with Crippen LogP contribution in [0.2, 0.25) is 0 Å². The van der Waals surface area contributed by atoms with E-state index < -0.39 is 10.0 Å². The van der Waals surface area contributed by atoms with E-state index in [1.165, 1.54) is 0 Å². The summed E-state index contributed by atoms with van der Waals surface area (Å²) in [5.74, 6) is -0.199. The Labute approximate surface area is 107 Å². The Morgan fingerprint density at radius 1 is 1.39 bits per heavy atom. The summed E-state index contributed by atoms with van der Waals surface area (Å²) in [5.41, 5.74) is 0.953. The third kappa shape index (κ3) is 5.74. The third-order valence-corrected chi connectivity index (χ3v) is 3.03. The standard InChI is InChI=1S/C11H17N3O3S/c1-9(10-3-6-12-7-4-10)14-11(15)5-8-13-18(2,16)17/h3-4,6-7,9,13H,5,8H2,1-2H3,(H,14,15). The molecule has 1 heterocycles. The summed E-state index contributed by atoms with van der Waals surface area (Å²) >= 11 is 0. The maximum absolute atomic E-state index is 11.6. The number of sulfonamides is 1. The second kappa shape index (κ2) is 6.46. The summed E-state index contributed by atoms with van der Waals surface area (Å²) in [5, 5.41) is 2.78. The van der Waals surface area contributed by atoms with Crippen molar-refractivity contribution in [2.45, 2.75) is 19.4 Å². The minimum atomic E-state index is -3.24. The fourth-order valence-electron chi connectivity index (χ4n) is 1.40. The minimum Gasteiger partial charge on any atom is -0.350 e. The first-order chi connectivity index (χ1) is 8.38. The van der Waals surface area contributed by atoms with Crippen molar-refractivity contribution in [3.05, 3.63) is 30.1 Å². The van der Waals surface area contributed by atoms with Crippen molar-refractivity contribution in [3.63, 3.8) is 0 Å². The molecule has 0 saturated carbocycles. The zero-order valence-electron chi connectivity index (χ0n) is 10.4. The summed E-state index contributed by atoms with van der Waals surface area (Å²) in [7, 11) is -3.24. The Bertz CT molecular complexity index is 488. The molecule has 0 saturated heterocycles. The van der Waals surface area contributed by atoms with Crippen LogP contribution in [0.4, 0.5) is 0 Å². The summed E-state index contributed by atoms with van der Waals surface area (Å²) < 4.78 is 23.9. The van der Waals surface area contributed by atoms with Crippen molar-refractivity contribution in [3.8, 4) is 0 Å². The molecule has 1 atom stereocenters. The molecule has 2 N–H and O–H groups in total. The lowest BCUT2D eigenvalue weighted by Gasteiger charge is -2.13. The fraction of sp³-hybridized carbons (Fsp3) is 0.455. The topological polar surface area (TPSA) is 88.2 Å². The van der Waals surface area contributed by atoms with Crippen LogP contribution in [-0.4, -0.2) is 32.1 Å². The Hall–Kier alpha value is -1.47. The van der Waals surface area contributed by atoms with Crippen LogP contribution in [0.25, 0.3) is 0 Å². The van der Waals surface area contributed by atoms with E-state index in [9.17, 15) is 13.2 Å². The summed E-state index contributed by atoms with van der Waals surface area (Å²) in [6.07, 6.45) is 4.49. The van der Waals surface area contributed by atoms with Gasteiger partial charge in [-0.3, -0.25) is 9.78 Å². The lowest BCUT2D eigenvalue weighted by atomic mass is 10.1. The Morgan fingerprint density at radius 3 is 2.56 bits per heavy atom. The van der Waals surface area contributed by atoms with Crippen molar-refractivity contribution in [1.82, 2.24) is 15.0 Å². The van der Waals surface area contributed by atoms with E-state index in [4.69, 9.17) is 0 Å². The number of rotatable bonds is 6. The third-order valence-electron chi connectivity index (χ3n) is 2.30. The SMILES string of the molecule is CC(NC(=O)CCNS(C)(=O)=O)c1ccncc1. The van der Waals surface area contributed by atoms with Crippen LogP contribution >= 0.6 is 0 Å². The molecular formula is C11H17N3O3S. The van der Waals surface area contributed by atoms with Gasteiger partial charge in [0.1, 0.15) is 0 Å². The molecule has 7 heteroatoms. The Kier molecular flexibility index (Phi) is 5.24. The van der Waals surface area contributed by atoms with Gasteiger partial charge in [0.05, 0.1) is 12.3 Å². The number of aromatic nitrogens is 1. The monoisotopic (exact) mass is 271 g/mol. The van der Waals surface area contributed by atoms with Gasteiger partial charge in [-0.1, -0.05) is 0 Å². The number of nitrogens with one attached hydrogen (secondary N) is 2. The van der Waals surface area contributed by atoms with E-state index in [-0.39, 0.29) is 24.9 Å². The van der Waals surface area contributed by atoms with E-state index in [2.05, 4.69) is 15.0 Å². The molecule has 0 bridgehead atoms. The van der Waals surface area contributed by atoms with Crippen molar-refractivity contribution < 1.29 is 13.2 Å². The number of amides is 1. The largest absolute Gasteiger partial charge is 0.350 e. The second-order valence-electron chi connectivity index (χ2n) is 3.99. The highest BCUT2D eigenvalue weighted by molar-refractivity contribution is 7.88. The summed E-state index contributed by atoms with van der Waals surface area (Å²) in [4.78, 5) is 15.4. The van der Waals surface area contributed by atoms with Gasteiger partial charge >= 0.3 is 0 Å². The van der Waals surface area contributed by atoms with Crippen LogP contribution in [0.1, 0.15) is 24.9 Å². The first-order valence-electron chi connectivity index (χ1n) is 5.52. The van der Waals surface area contributed by atoms with Crippen LogP contribution < -0.4 is 10.0 Å². The van der Waals surface area contributed by atoms with Gasteiger partial charge in [-0.15, -0.1) is 0 Å². The predicted octanol–water partition coefficient (Wildman–Crippen LogP) is 0.198. The number of carbonyl (C=O) groups excluding carboxylic acids is 1. The lowest BCUT2D eigenvalue weighted by Crippen LogP contribution is -2.31. The molecule has 0 aromatic carbocycles. The molecule has 0 radical (unpaired) electrons. The molecule has 18 heavy (non-hydrogen) atoms. The fourth-order valence-corrected chi connectivity index (χ4v) is 1.87. The van der Waals surface area contributed by atoms with Crippen LogP contribution in [0.15, 0.2) is 24.5 Å². The number of nitrogens with zero attached hydrogens (tertiary/aromatic N) is 1. The number of hydrogen-bond donors (Lipinski definition) is 2. The summed E-state index contributed by atoms with van der Waals surface area (Å²) in [6.45, 7) is 1.96. The van der Waals surface area contributed by atoms with E-state index in [0.29, 0.717) is 0 Å². The molecule has 0 aliphatic carbocycles. The van der Waals surface area contributed by atoms with Gasteiger partial charge < -0.3 is 5.32 Å². The smallest absolute Gasteiger partial charge is 0.221 e. The highest BCUT2D eigenvalue weighted by Gasteiger charge is 2.09. The van der Waals surface area contributed by atoms with E-state index in [1.807, 2.05) is 19.1 Å². The lowest BCUT2D eigenvalue weighted by molar-refractivity contribution is -0.121. The zero-order chi connectivity index (χ0) is 13.6. The van der Waals surface area contributed by atoms with Crippen molar-refractivity contribution in [2.24, 2.45) is 0 Å². The molecule has 1 unspecified atom stereocenters. The molecule has 1 rings (SSSR count). The van der Waals surface area contributed by atoms with Gasteiger partial charge in [0.2, 0.25) is 15.9 Å². The molecule has 6 nitrogen and oxygen atoms in total. The molecule has 1 aromatic rings. The average Bonchev–Trinajstić information content (AvgIpc) is 2.28. The second-order valence-corrected chi connectivity index (χ2v) is 5.82. The van der Waals surface area contributed by atoms with Gasteiger partial charge in [0.15, 0.2) is 0 Å². The van der Waals surface area contributed by atoms with E-state index in [0.717, 1.165) is 11.8 Å². The quantitative estimate of drug-likeness (QED) is 0.773. The maximum atomic E-state index is 11.6. The van der Waals surface area contributed by atoms with Gasteiger partial charge in [0.25, 0.3) is 0 Å². The first kappa shape index (κ1) is 14.6. The van der Waals surface area contributed by atoms with Gasteiger partial charge in [-0.25, -0.2) is 13.1 Å². The molecular weight excluding hydrogens is 254 g/mol. The van der Waals surface area contributed by atoms with E-state index in [1.54, 1.807) is 12.4 Å². The van der Waals surface area contributed by atoms with Crippen LogP contribution in [-0.2, 0) is 14.8 Å². The molecule has 100 valence electrons. The van der Waals surface area contributed by atoms with E-state index >= 15 is 0 Å². The van der Waals surface area contributed by atoms with Crippen molar-refractivity contribution in [2.75, 3.05) is 12.8 Å². The molecule has 1 aromatic heterocycles. The average molecular weight is 271 g/mol. The number of carbonyl (C=O) groups is 1. The zero-order valence-corrected chi connectivity index (χ0v) is 11.2. The Morgan fingerprint density at radius 2 is 2.00 bits per heavy atom. The molecule has 1 amide bonds. The van der Waals surface area contributed by atoms with Gasteiger partial charge in [-0.05, 0) is 24.6 Å². The predicted molar refractivity (Wildman–Crippen MR) is 68.3 cm³/mol. The maximum Gasteiger partial charge on any atom is 0.221 e. The van der Waals surface area contributed by atoms with Crippen molar-refractivity contribution in [1.29, 1.82) is 0 Å². The van der Waals surface area contributed by atoms with Gasteiger partial charge in [-0.2, -0.15) is 0 Å². The highest BCUT2D eigenvalue weighted by Crippen LogP contribution is 2.09. The van der Waals surface area contributed by atoms with Crippen LogP contribution in [0.3, 0.4) is 0 Å². The number of hydrogen-bond acceptors (Lipinski definition) is 4. The van der Waals surface area contributed by atoms with Crippen molar-refractivity contribution >= 4 is 15.9 Å². The normalized spacial score (nSPS) is 13.0. The molecule has 0 fully saturated rings. The summed E-state index contributed by atoms with van der Waals surface area (Å²) in [6, 6.07) is 3.51. The Balaban J connectivity index is 2.37. The number of pyridine rings is 1. The van der Waals surface area contributed by atoms with Gasteiger partial charge in [0, 0.05) is 25.4 Å². The highest BCUT2D eigenvalue weighted by atomic mass is 32.2. The minimum absolute atomic E-state index is 0.105. The molecule has 0 spiro atoms. The molecule has 0 aliphatic heterocycles. The van der Waals surface area contributed by atoms with Crippen LogP contribution in [0.5, 0.6) is 0 Å². The first-order valence-corrected chi connectivity index (χ1v) is 7.41.